The monoisotopic (exact) mass is 462 g/mol. The van der Waals surface area contributed by atoms with Crippen LogP contribution in [0, 0.1) is 6.92 Å². The molecule has 6 heteroatoms. The second-order valence-corrected chi connectivity index (χ2v) is 9.87. The van der Waals surface area contributed by atoms with Crippen molar-refractivity contribution in [2.24, 2.45) is 0 Å². The van der Waals surface area contributed by atoms with Crippen molar-refractivity contribution in [1.29, 1.82) is 0 Å². The summed E-state index contributed by atoms with van der Waals surface area (Å²) in [5, 5.41) is 7.29. The number of rotatable bonds is 11. The third-order valence-electron chi connectivity index (χ3n) is 7.77. The van der Waals surface area contributed by atoms with Crippen molar-refractivity contribution in [2.45, 2.75) is 69.2 Å². The Labute approximate surface area is 205 Å². The van der Waals surface area contributed by atoms with Gasteiger partial charge in [-0.3, -0.25) is 4.79 Å². The summed E-state index contributed by atoms with van der Waals surface area (Å²) in [6, 6.07) is 17.3. The van der Waals surface area contributed by atoms with Gasteiger partial charge >= 0.3 is 0 Å². The second-order valence-electron chi connectivity index (χ2n) is 9.87. The average molecular weight is 462 g/mol. The van der Waals surface area contributed by atoms with Crippen molar-refractivity contribution >= 4 is 13.1 Å². The molecule has 2 aromatic carbocycles. The largest absolute Gasteiger partial charge is 0.486 e. The van der Waals surface area contributed by atoms with E-state index in [9.17, 15) is 4.79 Å². The van der Waals surface area contributed by atoms with Gasteiger partial charge in [-0.05, 0) is 82.3 Å². The lowest BCUT2D eigenvalue weighted by Crippen LogP contribution is -2.45. The summed E-state index contributed by atoms with van der Waals surface area (Å²) in [7, 11) is 2.09. The van der Waals surface area contributed by atoms with Crippen LogP contribution in [0.1, 0.15) is 54.7 Å². The third-order valence-corrected chi connectivity index (χ3v) is 7.77. The van der Waals surface area contributed by atoms with Crippen LogP contribution in [0.3, 0.4) is 0 Å². The Bertz CT molecular complexity index is 902. The molecule has 4 rings (SSSR count). The lowest BCUT2D eigenvalue weighted by atomic mass is 9.46. The molecule has 2 N–H and O–H groups in total. The van der Waals surface area contributed by atoms with Crippen LogP contribution in [-0.4, -0.2) is 52.1 Å². The first-order valence-corrected chi connectivity index (χ1v) is 12.9. The Balaban J connectivity index is 1.29. The van der Waals surface area contributed by atoms with Gasteiger partial charge in [-0.2, -0.15) is 0 Å². The zero-order valence-electron chi connectivity index (χ0n) is 20.7. The fourth-order valence-corrected chi connectivity index (χ4v) is 5.97. The van der Waals surface area contributed by atoms with Crippen LogP contribution in [0.5, 0.6) is 5.75 Å². The van der Waals surface area contributed by atoms with Crippen molar-refractivity contribution in [3.63, 3.8) is 0 Å². The van der Waals surface area contributed by atoms with Gasteiger partial charge in [0.1, 0.15) is 12.4 Å². The minimum atomic E-state index is 0.113. The number of carbonyl (C=O) groups excluding carboxylic acids is 1. The van der Waals surface area contributed by atoms with E-state index in [1.54, 1.807) is 0 Å². The van der Waals surface area contributed by atoms with Gasteiger partial charge in [-0.1, -0.05) is 48.0 Å². The number of aryl methyl sites for hydroxylation is 1. The van der Waals surface area contributed by atoms with E-state index in [0.29, 0.717) is 30.7 Å². The van der Waals surface area contributed by atoms with Crippen LogP contribution in [0.4, 0.5) is 0 Å². The first kappa shape index (κ1) is 25.0. The minimum Gasteiger partial charge on any atom is -0.486 e. The maximum absolute atomic E-state index is 10.8. The zero-order valence-corrected chi connectivity index (χ0v) is 20.7. The Morgan fingerprint density at radius 2 is 1.85 bits per heavy atom. The number of ether oxygens (including phenoxy) is 2. The fourth-order valence-electron chi connectivity index (χ4n) is 5.97. The highest BCUT2D eigenvalue weighted by molar-refractivity contribution is 6.57. The van der Waals surface area contributed by atoms with Gasteiger partial charge in [0.2, 0.25) is 6.85 Å². The molecule has 2 aromatic rings. The van der Waals surface area contributed by atoms with Gasteiger partial charge in [0.05, 0.1) is 12.7 Å². The van der Waals surface area contributed by atoms with Crippen molar-refractivity contribution in [1.82, 2.24) is 10.5 Å². The van der Waals surface area contributed by atoms with Crippen molar-refractivity contribution < 1.29 is 14.3 Å². The van der Waals surface area contributed by atoms with E-state index in [0.717, 1.165) is 57.2 Å². The molecule has 0 spiro atoms. The maximum atomic E-state index is 10.8. The van der Waals surface area contributed by atoms with E-state index in [4.69, 9.17) is 9.47 Å². The number of hydrogen-bond donors (Lipinski definition) is 2. The zero-order chi connectivity index (χ0) is 23.8. The van der Waals surface area contributed by atoms with Crippen LogP contribution in [-0.2, 0) is 15.9 Å². The molecule has 1 aliphatic carbocycles. The van der Waals surface area contributed by atoms with Gasteiger partial charge in [0.15, 0.2) is 6.29 Å². The number of aldehydes is 1. The lowest BCUT2D eigenvalue weighted by molar-refractivity contribution is -0.109. The summed E-state index contributed by atoms with van der Waals surface area (Å²) in [6.07, 6.45) is 7.73. The Hall–Kier alpha value is -2.15. The molecule has 2 unspecified atom stereocenters. The van der Waals surface area contributed by atoms with Crippen molar-refractivity contribution in [2.75, 3.05) is 26.8 Å². The molecule has 5 nitrogen and oxygen atoms in total. The molecule has 1 saturated carbocycles. The van der Waals surface area contributed by atoms with E-state index in [1.807, 2.05) is 12.1 Å². The summed E-state index contributed by atoms with van der Waals surface area (Å²) in [5.74, 6) is 1.91. The highest BCUT2D eigenvalue weighted by atomic mass is 16.5. The molecule has 0 amide bonds. The van der Waals surface area contributed by atoms with Gasteiger partial charge in [0.25, 0.3) is 0 Å². The van der Waals surface area contributed by atoms with Crippen LogP contribution < -0.4 is 15.3 Å². The predicted octanol–water partition coefficient (Wildman–Crippen LogP) is 4.34. The molecule has 1 aliphatic heterocycles. The van der Waals surface area contributed by atoms with E-state index < -0.39 is 0 Å². The molecule has 0 bridgehead atoms. The molecule has 2 fully saturated rings. The molecular formula is C28H39BN2O3. The van der Waals surface area contributed by atoms with Gasteiger partial charge < -0.3 is 20.0 Å². The highest BCUT2D eigenvalue weighted by Crippen LogP contribution is 2.40. The van der Waals surface area contributed by atoms with E-state index in [-0.39, 0.29) is 6.61 Å². The number of benzene rings is 2. The quantitative estimate of drug-likeness (QED) is 0.384. The first-order valence-electron chi connectivity index (χ1n) is 12.9. The van der Waals surface area contributed by atoms with Crippen LogP contribution in [0.15, 0.2) is 48.5 Å². The van der Waals surface area contributed by atoms with E-state index >= 15 is 0 Å². The molecule has 34 heavy (non-hydrogen) atoms. The Morgan fingerprint density at radius 3 is 2.59 bits per heavy atom. The summed E-state index contributed by atoms with van der Waals surface area (Å²) in [5.41, 5.74) is 3.92. The molecule has 0 radical (unpaired) electrons. The minimum absolute atomic E-state index is 0.113. The molecule has 1 heterocycles. The number of nitrogens with one attached hydrogen (secondary N) is 2. The van der Waals surface area contributed by atoms with Crippen LogP contribution in [0.2, 0.25) is 5.82 Å². The van der Waals surface area contributed by atoms with E-state index in [2.05, 4.69) is 60.9 Å². The molecule has 0 aromatic heterocycles. The predicted molar refractivity (Wildman–Crippen MR) is 139 cm³/mol. The SMILES string of the molecule is CNB(Cc1ccccc1)C1CCNC1COC1CCC(c2c(C)cccc2OCC=O)CC1. The Morgan fingerprint density at radius 1 is 1.06 bits per heavy atom. The smallest absolute Gasteiger partial charge is 0.229 e. The summed E-state index contributed by atoms with van der Waals surface area (Å²) >= 11 is 0. The normalized spacial score (nSPS) is 24.6. The molecule has 2 atom stereocenters. The summed E-state index contributed by atoms with van der Waals surface area (Å²) in [4.78, 5) is 10.8. The highest BCUT2D eigenvalue weighted by Gasteiger charge is 2.36. The second kappa shape index (κ2) is 12.5. The van der Waals surface area contributed by atoms with Gasteiger partial charge in [-0.25, -0.2) is 0 Å². The summed E-state index contributed by atoms with van der Waals surface area (Å²) in [6.45, 7) is 4.56. The topological polar surface area (TPSA) is 59.6 Å². The molecule has 182 valence electrons. The third kappa shape index (κ3) is 6.29. The van der Waals surface area contributed by atoms with Crippen LogP contribution >= 0.6 is 0 Å². The number of hydrogen-bond acceptors (Lipinski definition) is 5. The lowest BCUT2D eigenvalue weighted by Gasteiger charge is -2.32. The van der Waals surface area contributed by atoms with E-state index in [1.165, 1.54) is 23.1 Å². The Kier molecular flexibility index (Phi) is 9.20. The van der Waals surface area contributed by atoms with Gasteiger partial charge in [-0.15, -0.1) is 0 Å². The number of carbonyl (C=O) groups is 1. The molecular weight excluding hydrogens is 423 g/mol. The maximum Gasteiger partial charge on any atom is 0.229 e. The van der Waals surface area contributed by atoms with Gasteiger partial charge in [0, 0.05) is 11.6 Å². The molecule has 1 saturated heterocycles. The van der Waals surface area contributed by atoms with Crippen molar-refractivity contribution in [3.05, 3.63) is 65.2 Å². The summed E-state index contributed by atoms with van der Waals surface area (Å²) < 4.78 is 12.2. The standard InChI is InChI=1S/C28H39BN2O3/c1-21-7-6-10-27(33-18-17-32)28(21)23-11-13-24(14-12-23)34-20-26-25(15-16-31-26)29(30-2)19-22-8-4-3-5-9-22/h3-10,17,23-26,30-31H,11-16,18-20H2,1-2H3. The van der Waals surface area contributed by atoms with Crippen molar-refractivity contribution in [3.8, 4) is 5.75 Å². The average Bonchev–Trinajstić information content (AvgIpc) is 3.34. The first-order chi connectivity index (χ1) is 16.7. The van der Waals surface area contributed by atoms with Crippen LogP contribution in [0.25, 0.3) is 0 Å². The fraction of sp³-hybridized carbons (Fsp3) is 0.536. The molecule has 2 aliphatic rings.